The molecule has 3 nitrogen and oxygen atoms in total. The highest BCUT2D eigenvalue weighted by atomic mass is 32.1. The van der Waals surface area contributed by atoms with Crippen molar-refractivity contribution in [2.75, 3.05) is 13.7 Å². The van der Waals surface area contributed by atoms with Crippen molar-refractivity contribution in [1.82, 2.24) is 5.32 Å². The standard InChI is InChI=1S/C13H14FNO2S/c1-3-15-13(16)12-8(7-17-2)11-9(14)5-4-6-10(11)18-12/h4-6H,3,7H2,1-2H3,(H,15,16). The van der Waals surface area contributed by atoms with Crippen molar-refractivity contribution in [3.05, 3.63) is 34.5 Å². The van der Waals surface area contributed by atoms with Gasteiger partial charge in [0.1, 0.15) is 5.82 Å². The zero-order chi connectivity index (χ0) is 13.1. The van der Waals surface area contributed by atoms with Gasteiger partial charge >= 0.3 is 0 Å². The molecule has 0 aliphatic carbocycles. The average Bonchev–Trinajstić information content (AvgIpc) is 2.70. The number of methoxy groups -OCH3 is 1. The summed E-state index contributed by atoms with van der Waals surface area (Å²) in [5.74, 6) is -0.489. The fraction of sp³-hybridized carbons (Fsp3) is 0.308. The Hall–Kier alpha value is -1.46. The minimum Gasteiger partial charge on any atom is -0.380 e. The van der Waals surface area contributed by atoms with Crippen LogP contribution >= 0.6 is 11.3 Å². The van der Waals surface area contributed by atoms with Gasteiger partial charge in [-0.1, -0.05) is 6.07 Å². The van der Waals surface area contributed by atoms with E-state index in [1.54, 1.807) is 6.07 Å². The van der Waals surface area contributed by atoms with Gasteiger partial charge in [-0.2, -0.15) is 0 Å². The number of halogens is 1. The topological polar surface area (TPSA) is 38.3 Å². The summed E-state index contributed by atoms with van der Waals surface area (Å²) in [5, 5.41) is 3.23. The molecule has 1 aromatic carbocycles. The summed E-state index contributed by atoms with van der Waals surface area (Å²) in [5.41, 5.74) is 0.626. The number of fused-ring (bicyclic) bond motifs is 1. The van der Waals surface area contributed by atoms with Crippen LogP contribution < -0.4 is 5.32 Å². The lowest BCUT2D eigenvalue weighted by molar-refractivity contribution is 0.0955. The van der Waals surface area contributed by atoms with Gasteiger partial charge in [-0.05, 0) is 19.1 Å². The number of hydrogen-bond acceptors (Lipinski definition) is 3. The van der Waals surface area contributed by atoms with Gasteiger partial charge in [0, 0.05) is 29.3 Å². The van der Waals surface area contributed by atoms with E-state index in [1.165, 1.54) is 24.5 Å². The zero-order valence-corrected chi connectivity index (χ0v) is 11.1. The molecule has 0 fully saturated rings. The molecule has 2 aromatic rings. The monoisotopic (exact) mass is 267 g/mol. The predicted molar refractivity (Wildman–Crippen MR) is 70.5 cm³/mol. The number of amides is 1. The fourth-order valence-electron chi connectivity index (χ4n) is 1.87. The molecule has 1 aromatic heterocycles. The molecule has 1 amide bonds. The molecule has 0 aliphatic heterocycles. The van der Waals surface area contributed by atoms with Gasteiger partial charge in [-0.15, -0.1) is 11.3 Å². The summed E-state index contributed by atoms with van der Waals surface area (Å²) in [6.45, 7) is 2.62. The number of rotatable bonds is 4. The number of hydrogen-bond donors (Lipinski definition) is 1. The molecule has 1 heterocycles. The Morgan fingerprint density at radius 1 is 1.50 bits per heavy atom. The van der Waals surface area contributed by atoms with E-state index >= 15 is 0 Å². The number of carbonyl (C=O) groups is 1. The van der Waals surface area contributed by atoms with Gasteiger partial charge in [0.2, 0.25) is 0 Å². The minimum absolute atomic E-state index is 0.176. The summed E-state index contributed by atoms with van der Waals surface area (Å²) in [6.07, 6.45) is 0. The fourth-order valence-corrected chi connectivity index (χ4v) is 3.01. The molecule has 0 spiro atoms. The lowest BCUT2D eigenvalue weighted by Crippen LogP contribution is -2.22. The van der Waals surface area contributed by atoms with Crippen molar-refractivity contribution < 1.29 is 13.9 Å². The number of nitrogens with one attached hydrogen (secondary N) is 1. The highest BCUT2D eigenvalue weighted by Crippen LogP contribution is 2.33. The Bertz CT molecular complexity index is 580. The van der Waals surface area contributed by atoms with Gasteiger partial charge in [-0.3, -0.25) is 4.79 Å². The van der Waals surface area contributed by atoms with E-state index in [0.29, 0.717) is 22.4 Å². The molecular weight excluding hydrogens is 253 g/mol. The Morgan fingerprint density at radius 2 is 2.28 bits per heavy atom. The molecule has 2 rings (SSSR count). The Kier molecular flexibility index (Phi) is 3.93. The van der Waals surface area contributed by atoms with E-state index < -0.39 is 0 Å². The highest BCUT2D eigenvalue weighted by molar-refractivity contribution is 7.21. The lowest BCUT2D eigenvalue weighted by atomic mass is 10.1. The minimum atomic E-state index is -0.314. The first kappa shape index (κ1) is 13.0. The number of carbonyl (C=O) groups excluding carboxylic acids is 1. The molecule has 96 valence electrons. The van der Waals surface area contributed by atoms with Gasteiger partial charge in [0.25, 0.3) is 5.91 Å². The quantitative estimate of drug-likeness (QED) is 0.925. The molecule has 0 saturated carbocycles. The summed E-state index contributed by atoms with van der Waals surface area (Å²) < 4.78 is 19.7. The third-order valence-electron chi connectivity index (χ3n) is 2.60. The summed E-state index contributed by atoms with van der Waals surface area (Å²) in [6, 6.07) is 4.85. The first-order valence-electron chi connectivity index (χ1n) is 5.66. The largest absolute Gasteiger partial charge is 0.380 e. The maximum Gasteiger partial charge on any atom is 0.261 e. The van der Waals surface area contributed by atoms with Gasteiger partial charge in [0.05, 0.1) is 11.5 Å². The van der Waals surface area contributed by atoms with E-state index in [9.17, 15) is 9.18 Å². The second-order valence-corrected chi connectivity index (χ2v) is 4.87. The molecule has 0 unspecified atom stereocenters. The molecule has 0 atom stereocenters. The van der Waals surface area contributed by atoms with Crippen molar-refractivity contribution in [2.45, 2.75) is 13.5 Å². The van der Waals surface area contributed by atoms with Crippen molar-refractivity contribution in [3.63, 3.8) is 0 Å². The second-order valence-electron chi connectivity index (χ2n) is 3.82. The SMILES string of the molecule is CCNC(=O)c1sc2cccc(F)c2c1COC. The van der Waals surface area contributed by atoms with Crippen LogP contribution in [0.3, 0.4) is 0 Å². The predicted octanol–water partition coefficient (Wildman–Crippen LogP) is 2.94. The van der Waals surface area contributed by atoms with Crippen LogP contribution in [0.15, 0.2) is 18.2 Å². The normalized spacial score (nSPS) is 10.8. The Morgan fingerprint density at radius 3 is 2.94 bits per heavy atom. The summed E-state index contributed by atoms with van der Waals surface area (Å²) >= 11 is 1.29. The van der Waals surface area contributed by atoms with Crippen LogP contribution in [0.1, 0.15) is 22.2 Å². The number of thiophene rings is 1. The lowest BCUT2D eigenvalue weighted by Gasteiger charge is -2.04. The van der Waals surface area contributed by atoms with E-state index in [2.05, 4.69) is 5.32 Å². The smallest absolute Gasteiger partial charge is 0.261 e. The van der Waals surface area contributed by atoms with Crippen LogP contribution in [0.2, 0.25) is 0 Å². The molecule has 1 N–H and O–H groups in total. The summed E-state index contributed by atoms with van der Waals surface area (Å²) in [7, 11) is 1.53. The maximum atomic E-state index is 13.9. The van der Waals surface area contributed by atoms with Crippen LogP contribution in [0.4, 0.5) is 4.39 Å². The average molecular weight is 267 g/mol. The molecule has 0 radical (unpaired) electrons. The van der Waals surface area contributed by atoms with Gasteiger partial charge in [0.15, 0.2) is 0 Å². The van der Waals surface area contributed by atoms with Crippen LogP contribution in [-0.2, 0) is 11.3 Å². The van der Waals surface area contributed by atoms with Crippen LogP contribution in [0.5, 0.6) is 0 Å². The van der Waals surface area contributed by atoms with E-state index in [4.69, 9.17) is 4.74 Å². The molecule has 18 heavy (non-hydrogen) atoms. The first-order valence-corrected chi connectivity index (χ1v) is 6.47. The number of benzene rings is 1. The van der Waals surface area contributed by atoms with Gasteiger partial charge in [-0.25, -0.2) is 4.39 Å². The summed E-state index contributed by atoms with van der Waals surface area (Å²) in [4.78, 5) is 12.5. The van der Waals surface area contributed by atoms with Crippen LogP contribution in [-0.4, -0.2) is 19.6 Å². The zero-order valence-electron chi connectivity index (χ0n) is 10.2. The first-order chi connectivity index (χ1) is 8.69. The second kappa shape index (κ2) is 5.46. The van der Waals surface area contributed by atoms with Crippen LogP contribution in [0, 0.1) is 5.82 Å². The van der Waals surface area contributed by atoms with Gasteiger partial charge < -0.3 is 10.1 Å². The third kappa shape index (κ3) is 2.23. The Balaban J connectivity index is 2.62. The van der Waals surface area contributed by atoms with Crippen molar-refractivity contribution in [3.8, 4) is 0 Å². The van der Waals surface area contributed by atoms with Crippen molar-refractivity contribution >= 4 is 27.3 Å². The van der Waals surface area contributed by atoms with Crippen LogP contribution in [0.25, 0.3) is 10.1 Å². The molecular formula is C13H14FNO2S. The molecule has 0 saturated heterocycles. The molecule has 0 aliphatic rings. The highest BCUT2D eigenvalue weighted by Gasteiger charge is 2.19. The third-order valence-corrected chi connectivity index (χ3v) is 3.79. The maximum absolute atomic E-state index is 13.9. The van der Waals surface area contributed by atoms with Crippen molar-refractivity contribution in [1.29, 1.82) is 0 Å². The molecule has 5 heteroatoms. The number of ether oxygens (including phenoxy) is 1. The van der Waals surface area contributed by atoms with Crippen molar-refractivity contribution in [2.24, 2.45) is 0 Å². The van der Waals surface area contributed by atoms with E-state index in [0.717, 1.165) is 4.70 Å². The van der Waals surface area contributed by atoms with E-state index in [-0.39, 0.29) is 18.3 Å². The molecule has 0 bridgehead atoms. The van der Waals surface area contributed by atoms with E-state index in [1.807, 2.05) is 13.0 Å². The Labute approximate surface area is 109 Å².